The molecule has 1 aromatic carbocycles. The average molecular weight is 420 g/mol. The number of hydrogen-bond acceptors (Lipinski definition) is 4. The Morgan fingerprint density at radius 3 is 2.84 bits per heavy atom. The Hall–Kier alpha value is -3.73. The highest BCUT2D eigenvalue weighted by Crippen LogP contribution is 2.33. The summed E-state index contributed by atoms with van der Waals surface area (Å²) in [4.78, 5) is 37.7. The molecule has 1 atom stereocenters. The quantitative estimate of drug-likeness (QED) is 0.454. The van der Waals surface area contributed by atoms with E-state index < -0.39 is 31.0 Å². The van der Waals surface area contributed by atoms with Gasteiger partial charge in [-0.3, -0.25) is 29.3 Å². The first-order valence-corrected chi connectivity index (χ1v) is 9.74. The summed E-state index contributed by atoms with van der Waals surface area (Å²) in [5, 5.41) is 0.914. The molecule has 8 heteroatoms. The van der Waals surface area contributed by atoms with E-state index in [9.17, 15) is 18.4 Å². The molecule has 4 rings (SSSR count). The molecule has 0 saturated carbocycles. The Morgan fingerprint density at radius 1 is 1.19 bits per heavy atom. The first-order valence-electron chi connectivity index (χ1n) is 9.74. The van der Waals surface area contributed by atoms with Gasteiger partial charge < -0.3 is 0 Å². The van der Waals surface area contributed by atoms with Gasteiger partial charge in [0.05, 0.1) is 12.1 Å². The fourth-order valence-corrected chi connectivity index (χ4v) is 3.78. The lowest BCUT2D eigenvalue weighted by atomic mass is 9.96. The fraction of sp³-hybridized carbons (Fsp3) is 0.261. The molecule has 1 aliphatic heterocycles. The van der Waals surface area contributed by atoms with E-state index in [1.54, 1.807) is 18.5 Å². The normalized spacial score (nSPS) is 17.5. The second-order valence-electron chi connectivity index (χ2n) is 7.45. The number of halogens is 2. The smallest absolute Gasteiger partial charge is 0.294 e. The van der Waals surface area contributed by atoms with E-state index in [1.807, 2.05) is 30.3 Å². The number of amides is 1. The van der Waals surface area contributed by atoms with Crippen LogP contribution in [0.1, 0.15) is 29.6 Å². The number of carbonyl (C=O) groups excluding carboxylic acids is 2. The summed E-state index contributed by atoms with van der Waals surface area (Å²) in [7, 11) is 0. The number of nitrogens with zero attached hydrogens (tertiary/aromatic N) is 4. The second-order valence-corrected chi connectivity index (χ2v) is 7.45. The van der Waals surface area contributed by atoms with Crippen molar-refractivity contribution in [3.05, 3.63) is 72.0 Å². The van der Waals surface area contributed by atoms with Crippen LogP contribution >= 0.6 is 0 Å². The van der Waals surface area contributed by atoms with Gasteiger partial charge in [0, 0.05) is 47.9 Å². The topological polar surface area (TPSA) is 67.5 Å². The zero-order valence-corrected chi connectivity index (χ0v) is 16.5. The van der Waals surface area contributed by atoms with Crippen molar-refractivity contribution < 1.29 is 18.4 Å². The number of likely N-dealkylation sites (tertiary alicyclic amines) is 1. The van der Waals surface area contributed by atoms with Gasteiger partial charge in [0.25, 0.3) is 5.92 Å². The number of carbonyl (C=O) groups is 2. The fourth-order valence-electron chi connectivity index (χ4n) is 3.78. The van der Waals surface area contributed by atoms with Gasteiger partial charge in [-0.25, -0.2) is 15.4 Å². The van der Waals surface area contributed by atoms with Gasteiger partial charge in [-0.2, -0.15) is 0 Å². The van der Waals surface area contributed by atoms with Gasteiger partial charge in [-0.1, -0.05) is 12.1 Å². The van der Waals surface area contributed by atoms with E-state index in [1.165, 1.54) is 6.20 Å². The third-order valence-corrected chi connectivity index (χ3v) is 5.31. The molecule has 3 heterocycles. The van der Waals surface area contributed by atoms with E-state index in [4.69, 9.17) is 6.57 Å². The Labute approximate surface area is 177 Å². The van der Waals surface area contributed by atoms with Crippen LogP contribution in [0, 0.1) is 6.57 Å². The molecule has 0 unspecified atom stereocenters. The third kappa shape index (κ3) is 4.26. The molecule has 1 aliphatic rings. The lowest BCUT2D eigenvalue weighted by Gasteiger charge is -2.16. The Balaban J connectivity index is 1.52. The Morgan fingerprint density at radius 2 is 2.03 bits per heavy atom. The van der Waals surface area contributed by atoms with Gasteiger partial charge in [-0.15, -0.1) is 0 Å². The summed E-state index contributed by atoms with van der Waals surface area (Å²) in [5.74, 6) is -3.97. The summed E-state index contributed by atoms with van der Waals surface area (Å²) in [6.45, 7) is 6.27. The van der Waals surface area contributed by atoms with Gasteiger partial charge in [-0.05, 0) is 29.8 Å². The number of benzene rings is 1. The van der Waals surface area contributed by atoms with Crippen molar-refractivity contribution in [1.82, 2.24) is 14.9 Å². The number of Topliss-reactive ketones (excluding diaryl/α,β-unsaturated/α-hetero) is 1. The van der Waals surface area contributed by atoms with Crippen LogP contribution in [0.25, 0.3) is 26.9 Å². The molecular formula is C23H18F2N4O2. The molecule has 0 N–H and O–H groups in total. The monoisotopic (exact) mass is 420 g/mol. The molecule has 1 saturated heterocycles. The maximum Gasteiger partial charge on any atom is 0.306 e. The van der Waals surface area contributed by atoms with E-state index in [0.29, 0.717) is 11.1 Å². The van der Waals surface area contributed by atoms with Crippen LogP contribution < -0.4 is 0 Å². The lowest BCUT2D eigenvalue weighted by molar-refractivity contribution is -0.132. The molecule has 3 aromatic rings. The molecule has 0 radical (unpaired) electrons. The zero-order valence-electron chi connectivity index (χ0n) is 16.5. The predicted molar refractivity (Wildman–Crippen MR) is 110 cm³/mol. The van der Waals surface area contributed by atoms with Crippen LogP contribution in [0.3, 0.4) is 0 Å². The number of alkyl halides is 2. The largest absolute Gasteiger partial charge is 0.306 e. The molecule has 6 nitrogen and oxygen atoms in total. The van der Waals surface area contributed by atoms with Crippen molar-refractivity contribution in [2.24, 2.45) is 0 Å². The molecule has 156 valence electrons. The average Bonchev–Trinajstić information content (AvgIpc) is 3.11. The second kappa shape index (κ2) is 8.19. The first-order chi connectivity index (χ1) is 14.9. The zero-order chi connectivity index (χ0) is 22.0. The van der Waals surface area contributed by atoms with Gasteiger partial charge in [0.1, 0.15) is 6.42 Å². The van der Waals surface area contributed by atoms with Crippen LogP contribution in [-0.2, 0) is 4.79 Å². The van der Waals surface area contributed by atoms with Crippen LogP contribution in [0.15, 0.2) is 55.0 Å². The summed E-state index contributed by atoms with van der Waals surface area (Å²) < 4.78 is 27.2. The number of rotatable bonds is 5. The Bertz CT molecular complexity index is 1210. The first kappa shape index (κ1) is 20.5. The maximum absolute atomic E-state index is 13.6. The van der Waals surface area contributed by atoms with Crippen LogP contribution in [0.4, 0.5) is 8.78 Å². The van der Waals surface area contributed by atoms with E-state index >= 15 is 0 Å². The van der Waals surface area contributed by atoms with Crippen LogP contribution in [-0.4, -0.2) is 45.2 Å². The summed E-state index contributed by atoms with van der Waals surface area (Å²) >= 11 is 0. The summed E-state index contributed by atoms with van der Waals surface area (Å²) in [6, 6.07) is 10.9. The molecule has 2 aromatic heterocycles. The molecular weight excluding hydrogens is 402 g/mol. The third-order valence-electron chi connectivity index (χ3n) is 5.31. The van der Waals surface area contributed by atoms with Crippen molar-refractivity contribution >= 4 is 22.6 Å². The highest BCUT2D eigenvalue weighted by molar-refractivity contribution is 6.04. The standard InChI is InChI=1S/C23H18F2N4O2/c1-26-21-12-23(24,25)14-29(21)22(31)7-6-20(30)17-8-10-27-13-18(17)15-4-5-19-16(11-15)3-2-9-28-19/h2-5,8-11,13,21H,6-7,12,14H2/t21-/m0/s1. The molecule has 0 bridgehead atoms. The number of fused-ring (bicyclic) bond motifs is 1. The highest BCUT2D eigenvalue weighted by atomic mass is 19.3. The van der Waals surface area contributed by atoms with E-state index in [2.05, 4.69) is 14.8 Å². The summed E-state index contributed by atoms with van der Waals surface area (Å²) in [5.41, 5.74) is 2.64. The van der Waals surface area contributed by atoms with Gasteiger partial charge in [0.15, 0.2) is 5.78 Å². The van der Waals surface area contributed by atoms with Crippen LogP contribution in [0.2, 0.25) is 0 Å². The minimum atomic E-state index is -3.07. The van der Waals surface area contributed by atoms with E-state index in [0.717, 1.165) is 21.4 Å². The van der Waals surface area contributed by atoms with Crippen molar-refractivity contribution in [2.75, 3.05) is 6.54 Å². The van der Waals surface area contributed by atoms with Crippen molar-refractivity contribution in [1.29, 1.82) is 0 Å². The molecule has 0 spiro atoms. The molecule has 1 amide bonds. The Kier molecular flexibility index (Phi) is 5.42. The highest BCUT2D eigenvalue weighted by Gasteiger charge is 2.50. The lowest BCUT2D eigenvalue weighted by Crippen LogP contribution is -2.35. The number of aromatic nitrogens is 2. The minimum Gasteiger partial charge on any atom is -0.294 e. The van der Waals surface area contributed by atoms with Crippen LogP contribution in [0.5, 0.6) is 0 Å². The van der Waals surface area contributed by atoms with Crippen molar-refractivity contribution in [3.63, 3.8) is 0 Å². The SMILES string of the molecule is [C-]#[N+][C@@H]1CC(F)(F)CN1C(=O)CCC(=O)c1ccncc1-c1ccc2ncccc2c1. The molecule has 31 heavy (non-hydrogen) atoms. The van der Waals surface area contributed by atoms with Crippen molar-refractivity contribution in [2.45, 2.75) is 31.4 Å². The van der Waals surface area contributed by atoms with Gasteiger partial charge in [0.2, 0.25) is 5.91 Å². The predicted octanol–water partition coefficient (Wildman–Crippen LogP) is 4.37. The number of pyridine rings is 2. The van der Waals surface area contributed by atoms with Gasteiger partial charge >= 0.3 is 6.17 Å². The minimum absolute atomic E-state index is 0.141. The molecule has 0 aliphatic carbocycles. The molecule has 1 fully saturated rings. The number of ketones is 1. The van der Waals surface area contributed by atoms with E-state index in [-0.39, 0.29) is 18.6 Å². The maximum atomic E-state index is 13.6. The summed E-state index contributed by atoms with van der Waals surface area (Å²) in [6.07, 6.45) is 2.57. The van der Waals surface area contributed by atoms with Crippen molar-refractivity contribution in [3.8, 4) is 11.1 Å². The number of hydrogen-bond donors (Lipinski definition) is 0.